The Hall–Kier alpha value is -1.83. The van der Waals surface area contributed by atoms with Gasteiger partial charge >= 0.3 is 5.97 Å². The number of methoxy groups -OCH3 is 1. The van der Waals surface area contributed by atoms with E-state index in [2.05, 4.69) is 31.2 Å². The zero-order valence-electron chi connectivity index (χ0n) is 10.6. The summed E-state index contributed by atoms with van der Waals surface area (Å²) in [4.78, 5) is 12.2. The monoisotopic (exact) mass is 240 g/mol. The van der Waals surface area contributed by atoms with Crippen molar-refractivity contribution < 1.29 is 9.53 Å². The van der Waals surface area contributed by atoms with Crippen molar-refractivity contribution in [3.05, 3.63) is 59.2 Å². The Morgan fingerprint density at radius 3 is 3.00 bits per heavy atom. The maximum Gasteiger partial charge on any atom is 0.316 e. The molecule has 0 saturated heterocycles. The minimum atomic E-state index is -0.528. The number of ether oxygens (including phenoxy) is 1. The summed E-state index contributed by atoms with van der Waals surface area (Å²) in [5.74, 6) is -0.0215. The largest absolute Gasteiger partial charge is 0.468 e. The smallest absolute Gasteiger partial charge is 0.316 e. The lowest BCUT2D eigenvalue weighted by atomic mass is 9.73. The molecule has 2 nitrogen and oxygen atoms in total. The molecule has 0 fully saturated rings. The van der Waals surface area contributed by atoms with Gasteiger partial charge in [0.1, 0.15) is 5.41 Å². The lowest BCUT2D eigenvalue weighted by Crippen LogP contribution is -2.34. The summed E-state index contributed by atoms with van der Waals surface area (Å²) < 4.78 is 5.03. The molecule has 2 heteroatoms. The van der Waals surface area contributed by atoms with Crippen LogP contribution in [0.3, 0.4) is 0 Å². The van der Waals surface area contributed by atoms with Crippen LogP contribution in [0.25, 0.3) is 0 Å². The number of carbonyl (C=O) groups excluding carboxylic acids is 1. The Morgan fingerprint density at radius 2 is 2.22 bits per heavy atom. The van der Waals surface area contributed by atoms with Gasteiger partial charge in [-0.1, -0.05) is 48.1 Å². The molecule has 2 aliphatic carbocycles. The van der Waals surface area contributed by atoms with E-state index in [1.807, 2.05) is 18.2 Å². The molecule has 18 heavy (non-hydrogen) atoms. The Bertz CT molecular complexity index is 568. The Kier molecular flexibility index (Phi) is 2.40. The number of carbonyl (C=O) groups is 1. The summed E-state index contributed by atoms with van der Waals surface area (Å²) in [5, 5.41) is 0. The van der Waals surface area contributed by atoms with Crippen molar-refractivity contribution in [3.63, 3.8) is 0 Å². The summed E-state index contributed by atoms with van der Waals surface area (Å²) in [6.45, 7) is 2.08. The van der Waals surface area contributed by atoms with Crippen molar-refractivity contribution in [2.24, 2.45) is 5.41 Å². The molecule has 2 atom stereocenters. The number of rotatable bonds is 1. The third-order valence-corrected chi connectivity index (χ3v) is 4.05. The standard InChI is InChI=1S/C16H16O2/c1-11-6-7-12-10-16(15(17)18-2)8-4-3-5-14(16)13(12)9-11/h3-9,14H,10H2,1-2H3/t14-,16-/m0/s1. The molecule has 0 heterocycles. The van der Waals surface area contributed by atoms with Crippen molar-refractivity contribution in [2.45, 2.75) is 19.3 Å². The SMILES string of the molecule is COC(=O)[C@]12C=CC=C[C@H]1c1cc(C)ccc1C2. The molecule has 0 bridgehead atoms. The first-order valence-corrected chi connectivity index (χ1v) is 6.21. The van der Waals surface area contributed by atoms with E-state index >= 15 is 0 Å². The predicted molar refractivity (Wildman–Crippen MR) is 70.4 cm³/mol. The molecule has 1 aromatic rings. The second-order valence-electron chi connectivity index (χ2n) is 5.13. The van der Waals surface area contributed by atoms with Crippen LogP contribution in [-0.2, 0) is 16.0 Å². The maximum absolute atomic E-state index is 12.2. The van der Waals surface area contributed by atoms with Gasteiger partial charge in [-0.2, -0.15) is 0 Å². The highest BCUT2D eigenvalue weighted by atomic mass is 16.5. The molecule has 92 valence electrons. The van der Waals surface area contributed by atoms with E-state index in [9.17, 15) is 4.79 Å². The van der Waals surface area contributed by atoms with Crippen LogP contribution in [0.4, 0.5) is 0 Å². The molecule has 0 aliphatic heterocycles. The van der Waals surface area contributed by atoms with Gasteiger partial charge in [-0.15, -0.1) is 0 Å². The van der Waals surface area contributed by atoms with Gasteiger partial charge in [0, 0.05) is 5.92 Å². The van der Waals surface area contributed by atoms with Gasteiger partial charge in [-0.05, 0) is 24.5 Å². The first-order chi connectivity index (χ1) is 8.67. The van der Waals surface area contributed by atoms with E-state index in [1.165, 1.54) is 23.8 Å². The second kappa shape index (κ2) is 3.84. The van der Waals surface area contributed by atoms with Gasteiger partial charge in [0.15, 0.2) is 0 Å². The highest BCUT2D eigenvalue weighted by Gasteiger charge is 2.50. The Morgan fingerprint density at radius 1 is 1.39 bits per heavy atom. The van der Waals surface area contributed by atoms with Gasteiger partial charge in [0.2, 0.25) is 0 Å². The predicted octanol–water partition coefficient (Wildman–Crippen LogP) is 2.92. The zero-order chi connectivity index (χ0) is 12.8. The fourth-order valence-corrected chi connectivity index (χ4v) is 3.17. The Labute approximate surface area is 107 Å². The average molecular weight is 240 g/mol. The van der Waals surface area contributed by atoms with Crippen LogP contribution in [0.1, 0.15) is 22.6 Å². The number of benzene rings is 1. The van der Waals surface area contributed by atoms with Crippen LogP contribution in [0.15, 0.2) is 42.5 Å². The maximum atomic E-state index is 12.2. The molecular formula is C16H16O2. The second-order valence-corrected chi connectivity index (χ2v) is 5.13. The number of hydrogen-bond donors (Lipinski definition) is 0. The third-order valence-electron chi connectivity index (χ3n) is 4.05. The molecule has 0 aromatic heterocycles. The molecule has 0 radical (unpaired) electrons. The summed E-state index contributed by atoms with van der Waals surface area (Å²) in [5.41, 5.74) is 3.23. The highest BCUT2D eigenvalue weighted by Crippen LogP contribution is 2.51. The first-order valence-electron chi connectivity index (χ1n) is 6.21. The quantitative estimate of drug-likeness (QED) is 0.705. The van der Waals surface area contributed by atoms with Crippen molar-refractivity contribution >= 4 is 5.97 Å². The van der Waals surface area contributed by atoms with Crippen LogP contribution in [0.5, 0.6) is 0 Å². The van der Waals surface area contributed by atoms with Crippen LogP contribution >= 0.6 is 0 Å². The minimum Gasteiger partial charge on any atom is -0.468 e. The van der Waals surface area contributed by atoms with Crippen LogP contribution in [0.2, 0.25) is 0 Å². The first kappa shape index (κ1) is 11.3. The van der Waals surface area contributed by atoms with Gasteiger partial charge in [-0.3, -0.25) is 4.79 Å². The summed E-state index contributed by atoms with van der Waals surface area (Å²) >= 11 is 0. The van der Waals surface area contributed by atoms with Crippen LogP contribution in [-0.4, -0.2) is 13.1 Å². The van der Waals surface area contributed by atoms with E-state index in [0.29, 0.717) is 0 Å². The summed E-state index contributed by atoms with van der Waals surface area (Å²) in [6, 6.07) is 6.43. The molecule has 2 aliphatic rings. The number of allylic oxidation sites excluding steroid dienone is 3. The zero-order valence-corrected chi connectivity index (χ0v) is 10.6. The summed E-state index contributed by atoms with van der Waals surface area (Å²) in [7, 11) is 1.47. The topological polar surface area (TPSA) is 26.3 Å². The molecule has 0 N–H and O–H groups in total. The number of hydrogen-bond acceptors (Lipinski definition) is 2. The van der Waals surface area contributed by atoms with Crippen molar-refractivity contribution in [1.29, 1.82) is 0 Å². The molecule has 0 unspecified atom stereocenters. The van der Waals surface area contributed by atoms with Gasteiger partial charge in [-0.25, -0.2) is 0 Å². The fourth-order valence-electron chi connectivity index (χ4n) is 3.17. The molecule has 0 spiro atoms. The molecular weight excluding hydrogens is 224 g/mol. The lowest BCUT2D eigenvalue weighted by Gasteiger charge is -2.30. The lowest BCUT2D eigenvalue weighted by molar-refractivity contribution is -0.150. The van der Waals surface area contributed by atoms with Gasteiger partial charge in [0.25, 0.3) is 0 Å². The minimum absolute atomic E-state index is 0.116. The normalized spacial score (nSPS) is 27.8. The average Bonchev–Trinajstić information content (AvgIpc) is 2.73. The Balaban J connectivity index is 2.16. The van der Waals surface area contributed by atoms with Crippen LogP contribution in [0, 0.1) is 12.3 Å². The van der Waals surface area contributed by atoms with E-state index in [4.69, 9.17) is 4.74 Å². The molecule has 0 amide bonds. The van der Waals surface area contributed by atoms with Crippen molar-refractivity contribution in [1.82, 2.24) is 0 Å². The van der Waals surface area contributed by atoms with Gasteiger partial charge < -0.3 is 4.74 Å². The van der Waals surface area contributed by atoms with E-state index in [-0.39, 0.29) is 11.9 Å². The van der Waals surface area contributed by atoms with Crippen molar-refractivity contribution in [2.75, 3.05) is 7.11 Å². The number of aryl methyl sites for hydroxylation is 1. The van der Waals surface area contributed by atoms with E-state index in [0.717, 1.165) is 6.42 Å². The molecule has 3 rings (SSSR count). The number of esters is 1. The van der Waals surface area contributed by atoms with Crippen molar-refractivity contribution in [3.8, 4) is 0 Å². The molecule has 0 saturated carbocycles. The number of fused-ring (bicyclic) bond motifs is 3. The van der Waals surface area contributed by atoms with Gasteiger partial charge in [0.05, 0.1) is 7.11 Å². The van der Waals surface area contributed by atoms with E-state index < -0.39 is 5.41 Å². The summed E-state index contributed by atoms with van der Waals surface area (Å²) in [6.07, 6.45) is 8.82. The molecule has 1 aromatic carbocycles. The van der Waals surface area contributed by atoms with Crippen LogP contribution < -0.4 is 0 Å². The van der Waals surface area contributed by atoms with E-state index in [1.54, 1.807) is 0 Å². The highest BCUT2D eigenvalue weighted by molar-refractivity contribution is 5.84. The fraction of sp³-hybridized carbons (Fsp3) is 0.312. The third kappa shape index (κ3) is 1.38.